The number of nitrogens with zero attached hydrogens (tertiary/aromatic N) is 2. The molecular weight excluding hydrogens is 372 g/mol. The van der Waals surface area contributed by atoms with Crippen molar-refractivity contribution in [1.82, 2.24) is 9.97 Å². The smallest absolute Gasteiger partial charge is 0.324 e. The summed E-state index contributed by atoms with van der Waals surface area (Å²) in [6.07, 6.45) is 5.35. The highest BCUT2D eigenvalue weighted by atomic mass is 32.1. The van der Waals surface area contributed by atoms with Crippen LogP contribution in [0.1, 0.15) is 36.4 Å². The number of hydrogen-bond acceptors (Lipinski definition) is 5. The van der Waals surface area contributed by atoms with Crippen molar-refractivity contribution in [3.8, 4) is 10.4 Å². The van der Waals surface area contributed by atoms with E-state index in [0.29, 0.717) is 11.5 Å². The van der Waals surface area contributed by atoms with Gasteiger partial charge in [0.15, 0.2) is 0 Å². The Balaban J connectivity index is 1.46. The van der Waals surface area contributed by atoms with Crippen molar-refractivity contribution in [1.29, 1.82) is 0 Å². The number of para-hydroxylation sites is 1. The number of nitrogens with one attached hydrogen (secondary N) is 2. The quantitative estimate of drug-likeness (QED) is 0.586. The first kappa shape index (κ1) is 18.6. The van der Waals surface area contributed by atoms with Gasteiger partial charge in [0.1, 0.15) is 16.4 Å². The summed E-state index contributed by atoms with van der Waals surface area (Å²) >= 11 is 1.53. The topological polar surface area (TPSA) is 87.1 Å². The summed E-state index contributed by atoms with van der Waals surface area (Å²) < 4.78 is 0. The summed E-state index contributed by atoms with van der Waals surface area (Å²) in [5, 5.41) is 17.1. The Morgan fingerprint density at radius 3 is 2.54 bits per heavy atom. The summed E-state index contributed by atoms with van der Waals surface area (Å²) in [5.41, 5.74) is 1.76. The molecule has 1 aromatic carbocycles. The van der Waals surface area contributed by atoms with E-state index in [1.54, 1.807) is 12.3 Å². The van der Waals surface area contributed by atoms with E-state index >= 15 is 0 Å². The summed E-state index contributed by atoms with van der Waals surface area (Å²) in [7, 11) is 0. The van der Waals surface area contributed by atoms with Gasteiger partial charge in [-0.25, -0.2) is 14.8 Å². The molecule has 0 spiro atoms. The van der Waals surface area contributed by atoms with Gasteiger partial charge in [0.2, 0.25) is 0 Å². The molecule has 1 aliphatic carbocycles. The van der Waals surface area contributed by atoms with Crippen LogP contribution in [-0.2, 0) is 5.60 Å². The minimum Gasteiger partial charge on any atom is -0.383 e. The Morgan fingerprint density at radius 2 is 1.86 bits per heavy atom. The maximum absolute atomic E-state index is 12.1. The fourth-order valence-electron chi connectivity index (χ4n) is 3.44. The van der Waals surface area contributed by atoms with Gasteiger partial charge >= 0.3 is 6.03 Å². The minimum absolute atomic E-state index is 0.342. The lowest BCUT2D eigenvalue weighted by molar-refractivity contribution is 0.0441. The van der Waals surface area contributed by atoms with E-state index in [1.807, 2.05) is 43.3 Å². The van der Waals surface area contributed by atoms with Crippen molar-refractivity contribution < 1.29 is 9.90 Å². The zero-order valence-electron chi connectivity index (χ0n) is 15.6. The lowest BCUT2D eigenvalue weighted by atomic mass is 10.0. The first-order valence-electron chi connectivity index (χ1n) is 9.33. The number of benzene rings is 1. The third-order valence-electron chi connectivity index (χ3n) is 4.92. The summed E-state index contributed by atoms with van der Waals surface area (Å²) in [6, 6.07) is 12.6. The highest BCUT2D eigenvalue weighted by Gasteiger charge is 2.36. The second-order valence-corrected chi connectivity index (χ2v) is 8.05. The molecule has 0 radical (unpaired) electrons. The predicted molar refractivity (Wildman–Crippen MR) is 112 cm³/mol. The van der Waals surface area contributed by atoms with Gasteiger partial charge < -0.3 is 10.4 Å². The van der Waals surface area contributed by atoms with Crippen molar-refractivity contribution in [2.75, 3.05) is 10.6 Å². The predicted octanol–water partition coefficient (Wildman–Crippen LogP) is 4.92. The fourth-order valence-corrected chi connectivity index (χ4v) is 4.64. The summed E-state index contributed by atoms with van der Waals surface area (Å²) in [4.78, 5) is 22.0. The molecule has 0 bridgehead atoms. The molecule has 2 amide bonds. The van der Waals surface area contributed by atoms with Gasteiger partial charge in [-0.1, -0.05) is 31.0 Å². The lowest BCUT2D eigenvalue weighted by Gasteiger charge is -2.18. The fraction of sp³-hybridized carbons (Fsp3) is 0.286. The maximum Gasteiger partial charge on any atom is 0.324 e. The molecule has 1 aliphatic rings. The second kappa shape index (κ2) is 7.69. The zero-order valence-corrected chi connectivity index (χ0v) is 16.4. The SMILES string of the molecule is Cc1nc(C2(O)CCCC2)sc1-c1ccc(NC(=O)Nc2ccccc2)nc1. The van der Waals surface area contributed by atoms with Crippen molar-refractivity contribution in [3.05, 3.63) is 59.4 Å². The van der Waals surface area contributed by atoms with Crippen LogP contribution in [0.2, 0.25) is 0 Å². The highest BCUT2D eigenvalue weighted by Crippen LogP contribution is 2.43. The first-order valence-corrected chi connectivity index (χ1v) is 10.1. The molecule has 6 nitrogen and oxygen atoms in total. The van der Waals surface area contributed by atoms with Crippen LogP contribution in [0.3, 0.4) is 0 Å². The van der Waals surface area contributed by atoms with Crippen LogP contribution in [0.25, 0.3) is 10.4 Å². The van der Waals surface area contributed by atoms with E-state index in [0.717, 1.165) is 46.8 Å². The van der Waals surface area contributed by atoms with Gasteiger partial charge in [-0.3, -0.25) is 5.32 Å². The molecule has 1 fully saturated rings. The average Bonchev–Trinajstić information content (AvgIpc) is 3.30. The van der Waals surface area contributed by atoms with E-state index in [1.165, 1.54) is 11.3 Å². The van der Waals surface area contributed by atoms with Gasteiger partial charge in [0.25, 0.3) is 0 Å². The highest BCUT2D eigenvalue weighted by molar-refractivity contribution is 7.15. The third-order valence-corrected chi connectivity index (χ3v) is 6.32. The minimum atomic E-state index is -0.780. The number of aryl methyl sites for hydroxylation is 1. The molecule has 4 rings (SSSR count). The van der Waals surface area contributed by atoms with E-state index < -0.39 is 5.60 Å². The van der Waals surface area contributed by atoms with E-state index in [9.17, 15) is 9.90 Å². The maximum atomic E-state index is 12.1. The molecule has 2 heterocycles. The molecule has 28 heavy (non-hydrogen) atoms. The Hall–Kier alpha value is -2.77. The van der Waals surface area contributed by atoms with Crippen LogP contribution in [-0.4, -0.2) is 21.1 Å². The zero-order chi connectivity index (χ0) is 19.6. The van der Waals surface area contributed by atoms with Crippen molar-refractivity contribution in [2.45, 2.75) is 38.2 Å². The lowest BCUT2D eigenvalue weighted by Crippen LogP contribution is -2.20. The normalized spacial score (nSPS) is 15.4. The van der Waals surface area contributed by atoms with Gasteiger partial charge in [0, 0.05) is 17.4 Å². The number of thiazole rings is 1. The van der Waals surface area contributed by atoms with Crippen LogP contribution in [0, 0.1) is 6.92 Å². The number of aliphatic hydroxyl groups is 1. The largest absolute Gasteiger partial charge is 0.383 e. The molecule has 144 valence electrons. The van der Waals surface area contributed by atoms with E-state index in [2.05, 4.69) is 20.6 Å². The molecule has 3 aromatic rings. The van der Waals surface area contributed by atoms with Crippen LogP contribution in [0.4, 0.5) is 16.3 Å². The second-order valence-electron chi connectivity index (χ2n) is 7.05. The number of pyridine rings is 1. The number of aromatic nitrogens is 2. The van der Waals surface area contributed by atoms with Crippen LogP contribution in [0.15, 0.2) is 48.7 Å². The van der Waals surface area contributed by atoms with Crippen LogP contribution < -0.4 is 10.6 Å². The third kappa shape index (κ3) is 3.90. The standard InChI is InChI=1S/C21H22N4O2S/c1-14-18(28-19(23-14)21(27)11-5-6-12-21)15-9-10-17(22-13-15)25-20(26)24-16-7-3-2-4-8-16/h2-4,7-10,13,27H,5-6,11-12H2,1H3,(H2,22,24,25,26). The monoisotopic (exact) mass is 394 g/mol. The van der Waals surface area contributed by atoms with Gasteiger partial charge in [-0.05, 0) is 44.0 Å². The Morgan fingerprint density at radius 1 is 1.11 bits per heavy atom. The van der Waals surface area contributed by atoms with E-state index in [4.69, 9.17) is 0 Å². The first-order chi connectivity index (χ1) is 13.5. The molecular formula is C21H22N4O2S. The molecule has 0 atom stereocenters. The van der Waals surface area contributed by atoms with Crippen LogP contribution >= 0.6 is 11.3 Å². The van der Waals surface area contributed by atoms with Crippen molar-refractivity contribution >= 4 is 28.9 Å². The molecule has 0 aliphatic heterocycles. The Kier molecular flexibility index (Phi) is 5.11. The summed E-state index contributed by atoms with van der Waals surface area (Å²) in [5.74, 6) is 0.467. The number of carbonyl (C=O) groups excluding carboxylic acids is 1. The number of amides is 2. The molecule has 7 heteroatoms. The number of urea groups is 1. The Labute approximate surface area is 167 Å². The number of carbonyl (C=O) groups is 1. The molecule has 2 aromatic heterocycles. The molecule has 1 saturated carbocycles. The van der Waals surface area contributed by atoms with Crippen molar-refractivity contribution in [2.24, 2.45) is 0 Å². The Bertz CT molecular complexity index is 964. The number of hydrogen-bond donors (Lipinski definition) is 3. The van der Waals surface area contributed by atoms with Crippen LogP contribution in [0.5, 0.6) is 0 Å². The number of anilines is 2. The van der Waals surface area contributed by atoms with Gasteiger partial charge in [-0.2, -0.15) is 0 Å². The molecule has 0 unspecified atom stereocenters. The average molecular weight is 395 g/mol. The molecule has 3 N–H and O–H groups in total. The van der Waals surface area contributed by atoms with Crippen molar-refractivity contribution in [3.63, 3.8) is 0 Å². The van der Waals surface area contributed by atoms with Gasteiger partial charge in [0.05, 0.1) is 10.6 Å². The summed E-state index contributed by atoms with van der Waals surface area (Å²) in [6.45, 7) is 1.95. The number of rotatable bonds is 4. The van der Waals surface area contributed by atoms with Gasteiger partial charge in [-0.15, -0.1) is 11.3 Å². The van der Waals surface area contributed by atoms with E-state index in [-0.39, 0.29) is 6.03 Å². The molecule has 0 saturated heterocycles.